The van der Waals surface area contributed by atoms with Crippen LogP contribution in [0.4, 0.5) is 43.9 Å². The van der Waals surface area contributed by atoms with E-state index in [2.05, 4.69) is 10.2 Å². The molecule has 170 valence electrons. The molecule has 0 saturated carbocycles. The lowest BCUT2D eigenvalue weighted by molar-refractivity contribution is 0.380. The number of rotatable bonds is 3. The van der Waals surface area contributed by atoms with Crippen molar-refractivity contribution >= 4 is 0 Å². The van der Waals surface area contributed by atoms with Gasteiger partial charge in [-0.15, -0.1) is 10.2 Å². The van der Waals surface area contributed by atoms with Crippen LogP contribution in [0.25, 0.3) is 28.5 Å². The summed E-state index contributed by atoms with van der Waals surface area (Å²) in [6.45, 7) is 0. The Bertz CT molecular complexity index is 1270. The number of aromatic nitrogens is 3. The molecule has 0 spiro atoms. The summed E-state index contributed by atoms with van der Waals surface area (Å²) in [6.07, 6.45) is 0. The van der Waals surface area contributed by atoms with Crippen LogP contribution in [-0.2, 0) is 0 Å². The molecule has 1 heterocycles. The molecule has 0 aliphatic heterocycles. The van der Waals surface area contributed by atoms with E-state index in [0.717, 1.165) is 12.1 Å². The summed E-state index contributed by atoms with van der Waals surface area (Å²) in [6, 6.07) is 6.27. The lowest BCUT2D eigenvalue weighted by atomic mass is 10.1. The molecular formula is C20H5F10N3. The average molecular weight is 477 g/mol. The maximum atomic E-state index is 14.4. The number of halogens is 10. The van der Waals surface area contributed by atoms with Crippen LogP contribution in [-0.4, -0.2) is 14.8 Å². The van der Waals surface area contributed by atoms with Crippen LogP contribution in [0.2, 0.25) is 0 Å². The molecule has 3 aromatic carbocycles. The molecule has 0 bridgehead atoms. The monoisotopic (exact) mass is 477 g/mol. The van der Waals surface area contributed by atoms with Crippen molar-refractivity contribution in [3.63, 3.8) is 0 Å². The number of hydrogen-bond donors (Lipinski definition) is 0. The van der Waals surface area contributed by atoms with E-state index in [1.807, 2.05) is 0 Å². The highest BCUT2D eigenvalue weighted by atomic mass is 19.2. The molecule has 4 rings (SSSR count). The van der Waals surface area contributed by atoms with Gasteiger partial charge in [-0.1, -0.05) is 18.2 Å². The maximum Gasteiger partial charge on any atom is 0.200 e. The van der Waals surface area contributed by atoms with Gasteiger partial charge in [0.2, 0.25) is 11.6 Å². The minimum Gasteiger partial charge on any atom is -0.275 e. The molecule has 3 nitrogen and oxygen atoms in total. The van der Waals surface area contributed by atoms with Crippen molar-refractivity contribution < 1.29 is 43.9 Å². The Labute approximate surface area is 176 Å². The molecule has 0 N–H and O–H groups in total. The average Bonchev–Trinajstić information content (AvgIpc) is 3.23. The van der Waals surface area contributed by atoms with Crippen molar-refractivity contribution in [2.45, 2.75) is 0 Å². The van der Waals surface area contributed by atoms with Gasteiger partial charge in [-0.3, -0.25) is 4.57 Å². The topological polar surface area (TPSA) is 30.7 Å². The lowest BCUT2D eigenvalue weighted by Gasteiger charge is -2.14. The van der Waals surface area contributed by atoms with Crippen LogP contribution in [0, 0.1) is 58.2 Å². The molecule has 33 heavy (non-hydrogen) atoms. The standard InChI is InChI=1S/C20H5F10N3/c21-9-7(10(22)14(26)17(29)13(9)25)19-31-32-20(33(19)6-4-2-1-3-5-6)8-11(23)15(27)18(30)16(28)12(8)24/h1-5H. The fourth-order valence-electron chi connectivity index (χ4n) is 3.03. The third kappa shape index (κ3) is 3.22. The van der Waals surface area contributed by atoms with E-state index in [4.69, 9.17) is 0 Å². The Morgan fingerprint density at radius 1 is 0.424 bits per heavy atom. The number of nitrogens with zero attached hydrogens (tertiary/aromatic N) is 3. The van der Waals surface area contributed by atoms with E-state index >= 15 is 0 Å². The van der Waals surface area contributed by atoms with Gasteiger partial charge in [-0.2, -0.15) is 0 Å². The quantitative estimate of drug-likeness (QED) is 0.206. The van der Waals surface area contributed by atoms with Crippen LogP contribution >= 0.6 is 0 Å². The second-order valence-corrected chi connectivity index (χ2v) is 6.41. The molecule has 0 aliphatic carbocycles. The Kier molecular flexibility index (Phi) is 5.34. The molecular weight excluding hydrogens is 472 g/mol. The van der Waals surface area contributed by atoms with E-state index < -0.39 is 80.9 Å². The lowest BCUT2D eigenvalue weighted by Crippen LogP contribution is -2.10. The molecule has 4 aromatic rings. The summed E-state index contributed by atoms with van der Waals surface area (Å²) >= 11 is 0. The third-order valence-electron chi connectivity index (χ3n) is 4.54. The Hall–Kier alpha value is -3.90. The predicted octanol–water partition coefficient (Wildman–Crippen LogP) is 5.99. The largest absolute Gasteiger partial charge is 0.275 e. The first kappa shape index (κ1) is 22.3. The normalized spacial score (nSPS) is 11.3. The summed E-state index contributed by atoms with van der Waals surface area (Å²) in [5.41, 5.74) is -3.55. The van der Waals surface area contributed by atoms with Crippen molar-refractivity contribution in [3.05, 3.63) is 88.5 Å². The summed E-state index contributed by atoms with van der Waals surface area (Å²) in [4.78, 5) is 0. The summed E-state index contributed by atoms with van der Waals surface area (Å²) in [7, 11) is 0. The van der Waals surface area contributed by atoms with Crippen molar-refractivity contribution in [1.82, 2.24) is 14.8 Å². The van der Waals surface area contributed by atoms with Gasteiger partial charge in [-0.25, -0.2) is 43.9 Å². The highest BCUT2D eigenvalue weighted by Crippen LogP contribution is 2.37. The molecule has 1 aromatic heterocycles. The summed E-state index contributed by atoms with van der Waals surface area (Å²) in [5.74, 6) is -26.2. The van der Waals surface area contributed by atoms with E-state index in [1.54, 1.807) is 0 Å². The van der Waals surface area contributed by atoms with Gasteiger partial charge in [-0.05, 0) is 12.1 Å². The van der Waals surface area contributed by atoms with E-state index in [9.17, 15) is 43.9 Å². The molecule has 0 fully saturated rings. The molecule has 0 atom stereocenters. The fourth-order valence-corrected chi connectivity index (χ4v) is 3.03. The van der Waals surface area contributed by atoms with Crippen LogP contribution in [0.3, 0.4) is 0 Å². The molecule has 0 amide bonds. The molecule has 13 heteroatoms. The van der Waals surface area contributed by atoms with E-state index in [-0.39, 0.29) is 5.69 Å². The highest BCUT2D eigenvalue weighted by molar-refractivity contribution is 5.68. The molecule has 0 radical (unpaired) electrons. The molecule has 0 aliphatic rings. The maximum absolute atomic E-state index is 14.4. The van der Waals surface area contributed by atoms with Gasteiger partial charge in [0.15, 0.2) is 58.2 Å². The van der Waals surface area contributed by atoms with Crippen molar-refractivity contribution in [2.75, 3.05) is 0 Å². The van der Waals surface area contributed by atoms with Gasteiger partial charge in [0.25, 0.3) is 0 Å². The zero-order chi connectivity index (χ0) is 24.2. The Morgan fingerprint density at radius 3 is 1.06 bits per heavy atom. The zero-order valence-corrected chi connectivity index (χ0v) is 15.5. The van der Waals surface area contributed by atoms with Gasteiger partial charge in [0.1, 0.15) is 0 Å². The van der Waals surface area contributed by atoms with Crippen LogP contribution in [0.1, 0.15) is 0 Å². The van der Waals surface area contributed by atoms with Gasteiger partial charge in [0, 0.05) is 5.69 Å². The SMILES string of the molecule is Fc1c(F)c(F)c(-c2nnc(-c3c(F)c(F)c(F)c(F)c3F)n2-c2ccccc2)c(F)c1F. The number of para-hydroxylation sites is 1. The van der Waals surface area contributed by atoms with Gasteiger partial charge < -0.3 is 0 Å². The van der Waals surface area contributed by atoms with Crippen LogP contribution in [0.5, 0.6) is 0 Å². The Morgan fingerprint density at radius 2 is 0.727 bits per heavy atom. The minimum atomic E-state index is -2.49. The minimum absolute atomic E-state index is 0.264. The van der Waals surface area contributed by atoms with Crippen molar-refractivity contribution in [2.24, 2.45) is 0 Å². The van der Waals surface area contributed by atoms with Crippen molar-refractivity contribution in [1.29, 1.82) is 0 Å². The fraction of sp³-hybridized carbons (Fsp3) is 0. The van der Waals surface area contributed by atoms with E-state index in [0.29, 0.717) is 4.57 Å². The smallest absolute Gasteiger partial charge is 0.200 e. The predicted molar refractivity (Wildman–Crippen MR) is 91.8 cm³/mol. The summed E-state index contributed by atoms with van der Waals surface area (Å²) in [5, 5.41) is 6.48. The second-order valence-electron chi connectivity index (χ2n) is 6.41. The summed E-state index contributed by atoms with van der Waals surface area (Å²) < 4.78 is 140. The van der Waals surface area contributed by atoms with Crippen LogP contribution in [0.15, 0.2) is 30.3 Å². The molecule has 0 unspecified atom stereocenters. The Balaban J connectivity index is 2.16. The first-order valence-electron chi connectivity index (χ1n) is 8.62. The third-order valence-corrected chi connectivity index (χ3v) is 4.54. The van der Waals surface area contributed by atoms with Crippen LogP contribution < -0.4 is 0 Å². The van der Waals surface area contributed by atoms with Crippen molar-refractivity contribution in [3.8, 4) is 28.5 Å². The second kappa shape index (κ2) is 7.90. The highest BCUT2D eigenvalue weighted by Gasteiger charge is 2.34. The number of hydrogen-bond acceptors (Lipinski definition) is 2. The number of benzene rings is 3. The molecule has 0 saturated heterocycles. The zero-order valence-electron chi connectivity index (χ0n) is 15.5. The van der Waals surface area contributed by atoms with E-state index in [1.165, 1.54) is 18.2 Å². The van der Waals surface area contributed by atoms with Gasteiger partial charge >= 0.3 is 0 Å². The first-order chi connectivity index (χ1) is 15.6. The van der Waals surface area contributed by atoms with Gasteiger partial charge in [0.05, 0.1) is 11.1 Å². The first-order valence-corrected chi connectivity index (χ1v) is 8.62.